The van der Waals surface area contributed by atoms with Crippen LogP contribution < -0.4 is 4.72 Å². The number of nitriles is 1. The van der Waals surface area contributed by atoms with Gasteiger partial charge in [0.25, 0.3) is 0 Å². The Morgan fingerprint density at radius 2 is 2.00 bits per heavy atom. The van der Waals surface area contributed by atoms with Crippen LogP contribution in [0.2, 0.25) is 0 Å². The van der Waals surface area contributed by atoms with Crippen LogP contribution in [0.25, 0.3) is 0 Å². The van der Waals surface area contributed by atoms with Gasteiger partial charge in [0, 0.05) is 6.54 Å². The molecule has 0 fully saturated rings. The lowest BCUT2D eigenvalue weighted by Gasteiger charge is -2.11. The minimum Gasteiger partial charge on any atom is -0.387 e. The van der Waals surface area contributed by atoms with Gasteiger partial charge in [0.05, 0.1) is 12.2 Å². The van der Waals surface area contributed by atoms with E-state index < -0.39 is 21.9 Å². The quantitative estimate of drug-likeness (QED) is 0.767. The molecule has 1 aromatic rings. The Morgan fingerprint density at radius 3 is 2.56 bits per heavy atom. The molecule has 0 bridgehead atoms. The van der Waals surface area contributed by atoms with Crippen LogP contribution in [0.3, 0.4) is 0 Å². The molecular weight excluding hydrogens is 228 g/mol. The fourth-order valence-corrected chi connectivity index (χ4v) is 1.82. The highest BCUT2D eigenvalue weighted by Crippen LogP contribution is 2.10. The van der Waals surface area contributed by atoms with Crippen molar-refractivity contribution in [2.75, 3.05) is 12.3 Å². The Bertz CT molecular complexity index is 465. The third kappa shape index (κ3) is 3.98. The first kappa shape index (κ1) is 12.6. The lowest BCUT2D eigenvalue weighted by atomic mass is 10.1. The van der Waals surface area contributed by atoms with Gasteiger partial charge < -0.3 is 5.11 Å². The molecule has 0 saturated heterocycles. The number of benzene rings is 1. The van der Waals surface area contributed by atoms with E-state index in [2.05, 4.69) is 4.72 Å². The minimum absolute atomic E-state index is 0.131. The molecule has 0 aliphatic carbocycles. The van der Waals surface area contributed by atoms with E-state index in [1.54, 1.807) is 30.3 Å². The normalized spacial score (nSPS) is 13.0. The number of nitrogens with zero attached hydrogens (tertiary/aromatic N) is 1. The van der Waals surface area contributed by atoms with Gasteiger partial charge in [0.15, 0.2) is 5.75 Å². The summed E-state index contributed by atoms with van der Waals surface area (Å²) in [5.74, 6) is -0.603. The van der Waals surface area contributed by atoms with Crippen LogP contribution in [-0.2, 0) is 10.0 Å². The summed E-state index contributed by atoms with van der Waals surface area (Å²) in [7, 11) is -3.61. The molecule has 0 spiro atoms. The van der Waals surface area contributed by atoms with Crippen LogP contribution in [0.5, 0.6) is 0 Å². The molecule has 0 amide bonds. The van der Waals surface area contributed by atoms with E-state index in [0.717, 1.165) is 0 Å². The number of nitrogens with one attached hydrogen (secondary N) is 1. The minimum atomic E-state index is -3.61. The first-order chi connectivity index (χ1) is 7.55. The van der Waals surface area contributed by atoms with Crippen molar-refractivity contribution in [1.82, 2.24) is 4.72 Å². The zero-order valence-corrected chi connectivity index (χ0v) is 9.31. The fraction of sp³-hybridized carbons (Fsp3) is 0.300. The van der Waals surface area contributed by atoms with Gasteiger partial charge in [-0.1, -0.05) is 30.3 Å². The van der Waals surface area contributed by atoms with Crippen molar-refractivity contribution in [3.8, 4) is 6.07 Å². The van der Waals surface area contributed by atoms with E-state index in [1.165, 1.54) is 6.07 Å². The van der Waals surface area contributed by atoms with Crippen molar-refractivity contribution in [3.63, 3.8) is 0 Å². The fourth-order valence-electron chi connectivity index (χ4n) is 1.13. The standard InChI is InChI=1S/C10H12N2O3S/c11-6-7-16(14,15)12-8-10(13)9-4-2-1-3-5-9/h1-5,10,12-13H,7-8H2. The van der Waals surface area contributed by atoms with Crippen LogP contribution >= 0.6 is 0 Å². The van der Waals surface area contributed by atoms with Gasteiger partial charge >= 0.3 is 0 Å². The molecule has 2 N–H and O–H groups in total. The molecule has 6 heteroatoms. The van der Waals surface area contributed by atoms with Crippen molar-refractivity contribution < 1.29 is 13.5 Å². The summed E-state index contributed by atoms with van der Waals surface area (Å²) >= 11 is 0. The summed E-state index contributed by atoms with van der Waals surface area (Å²) in [6.45, 7) is -0.131. The number of aliphatic hydroxyl groups is 1. The molecule has 86 valence electrons. The topological polar surface area (TPSA) is 90.2 Å². The van der Waals surface area contributed by atoms with Crippen molar-refractivity contribution in [2.45, 2.75) is 6.10 Å². The van der Waals surface area contributed by atoms with Crippen LogP contribution in [0.15, 0.2) is 30.3 Å². The Morgan fingerprint density at radius 1 is 1.38 bits per heavy atom. The summed E-state index contributed by atoms with van der Waals surface area (Å²) in [6, 6.07) is 10.2. The molecule has 0 aliphatic rings. The smallest absolute Gasteiger partial charge is 0.225 e. The van der Waals surface area contributed by atoms with E-state index in [1.807, 2.05) is 0 Å². The lowest BCUT2D eigenvalue weighted by molar-refractivity contribution is 0.182. The van der Waals surface area contributed by atoms with Gasteiger partial charge in [-0.3, -0.25) is 0 Å². The van der Waals surface area contributed by atoms with Crippen LogP contribution in [-0.4, -0.2) is 25.8 Å². The number of sulfonamides is 1. The molecule has 0 saturated carbocycles. The summed E-state index contributed by atoms with van der Waals surface area (Å²) in [5.41, 5.74) is 0.627. The van der Waals surface area contributed by atoms with E-state index >= 15 is 0 Å². The summed E-state index contributed by atoms with van der Waals surface area (Å²) in [4.78, 5) is 0. The maximum Gasteiger partial charge on any atom is 0.225 e. The Balaban J connectivity index is 2.55. The maximum absolute atomic E-state index is 11.1. The van der Waals surface area contributed by atoms with Gasteiger partial charge in [-0.25, -0.2) is 13.1 Å². The van der Waals surface area contributed by atoms with E-state index in [9.17, 15) is 13.5 Å². The molecule has 5 nitrogen and oxygen atoms in total. The van der Waals surface area contributed by atoms with Crippen molar-refractivity contribution >= 4 is 10.0 Å². The molecule has 1 unspecified atom stereocenters. The van der Waals surface area contributed by atoms with Crippen LogP contribution in [0.1, 0.15) is 11.7 Å². The molecule has 1 aromatic carbocycles. The van der Waals surface area contributed by atoms with Crippen LogP contribution in [0.4, 0.5) is 0 Å². The highest BCUT2D eigenvalue weighted by Gasteiger charge is 2.13. The highest BCUT2D eigenvalue weighted by molar-refractivity contribution is 7.89. The van der Waals surface area contributed by atoms with Crippen LogP contribution in [0, 0.1) is 11.3 Å². The number of hydrogen-bond acceptors (Lipinski definition) is 4. The first-order valence-corrected chi connectivity index (χ1v) is 6.27. The lowest BCUT2D eigenvalue weighted by Crippen LogP contribution is -2.30. The molecule has 0 radical (unpaired) electrons. The second-order valence-electron chi connectivity index (χ2n) is 3.19. The van der Waals surface area contributed by atoms with Gasteiger partial charge in [0.2, 0.25) is 10.0 Å². The molecular formula is C10H12N2O3S. The molecule has 0 heterocycles. The van der Waals surface area contributed by atoms with E-state index in [-0.39, 0.29) is 6.54 Å². The van der Waals surface area contributed by atoms with Crippen molar-refractivity contribution in [1.29, 1.82) is 5.26 Å². The van der Waals surface area contributed by atoms with E-state index in [0.29, 0.717) is 5.56 Å². The summed E-state index contributed by atoms with van der Waals surface area (Å²) < 4.78 is 24.4. The van der Waals surface area contributed by atoms with Crippen molar-refractivity contribution in [2.24, 2.45) is 0 Å². The average Bonchev–Trinajstić information content (AvgIpc) is 2.27. The first-order valence-electron chi connectivity index (χ1n) is 4.62. The van der Waals surface area contributed by atoms with Gasteiger partial charge in [0.1, 0.15) is 0 Å². The van der Waals surface area contributed by atoms with Gasteiger partial charge in [-0.05, 0) is 5.56 Å². The monoisotopic (exact) mass is 240 g/mol. The number of rotatable bonds is 5. The van der Waals surface area contributed by atoms with Crippen molar-refractivity contribution in [3.05, 3.63) is 35.9 Å². The van der Waals surface area contributed by atoms with Gasteiger partial charge in [-0.15, -0.1) is 0 Å². The second kappa shape index (κ2) is 5.61. The predicted molar refractivity (Wildman–Crippen MR) is 58.8 cm³/mol. The Labute approximate surface area is 94.4 Å². The summed E-state index contributed by atoms with van der Waals surface area (Å²) in [5, 5.41) is 17.9. The van der Waals surface area contributed by atoms with Gasteiger partial charge in [-0.2, -0.15) is 5.26 Å². The Hall–Kier alpha value is -1.42. The zero-order chi connectivity index (χ0) is 12.0. The average molecular weight is 240 g/mol. The Kier molecular flexibility index (Phi) is 4.43. The maximum atomic E-state index is 11.1. The zero-order valence-electron chi connectivity index (χ0n) is 8.50. The number of aliphatic hydroxyl groups excluding tert-OH is 1. The third-order valence-electron chi connectivity index (χ3n) is 1.94. The summed E-state index contributed by atoms with van der Waals surface area (Å²) in [6.07, 6.45) is -0.908. The predicted octanol–water partition coefficient (Wildman–Crippen LogP) is 0.163. The largest absolute Gasteiger partial charge is 0.387 e. The molecule has 0 aromatic heterocycles. The third-order valence-corrected chi connectivity index (χ3v) is 3.05. The van der Waals surface area contributed by atoms with E-state index in [4.69, 9.17) is 5.26 Å². The number of hydrogen-bond donors (Lipinski definition) is 2. The molecule has 0 aliphatic heterocycles. The molecule has 1 rings (SSSR count). The highest BCUT2D eigenvalue weighted by atomic mass is 32.2. The second-order valence-corrected chi connectivity index (χ2v) is 5.00. The SMILES string of the molecule is N#CCS(=O)(=O)NCC(O)c1ccccc1. The molecule has 16 heavy (non-hydrogen) atoms. The molecule has 1 atom stereocenters.